The van der Waals surface area contributed by atoms with Gasteiger partial charge in [-0.2, -0.15) is 15.5 Å². The van der Waals surface area contributed by atoms with Gasteiger partial charge in [0, 0.05) is 87.2 Å². The molecule has 6 rings (SSSR count). The summed E-state index contributed by atoms with van der Waals surface area (Å²) in [5.74, 6) is 1.48. The Morgan fingerprint density at radius 1 is 0.973 bits per heavy atom. The molecule has 0 saturated carbocycles. The maximum atomic E-state index is 12.8. The van der Waals surface area contributed by atoms with E-state index < -0.39 is 0 Å². The summed E-state index contributed by atoms with van der Waals surface area (Å²) in [6.07, 6.45) is 10.2. The van der Waals surface area contributed by atoms with E-state index in [1.165, 1.54) is 0 Å². The molecule has 0 radical (unpaired) electrons. The van der Waals surface area contributed by atoms with Crippen molar-refractivity contribution in [3.8, 4) is 28.3 Å². The highest BCUT2D eigenvalue weighted by Gasteiger charge is 2.29. The van der Waals surface area contributed by atoms with E-state index in [1.54, 1.807) is 15.4 Å². The molecule has 2 aliphatic heterocycles. The molecule has 2 aliphatic rings. The molecule has 0 spiro atoms. The van der Waals surface area contributed by atoms with Gasteiger partial charge in [0.05, 0.1) is 23.5 Å². The summed E-state index contributed by atoms with van der Waals surface area (Å²) < 4.78 is 3.51. The maximum absolute atomic E-state index is 12.8. The number of rotatable bonds is 3. The number of hydrogen-bond acceptors (Lipinski definition) is 6. The number of carbonyl (C=O) groups is 1. The third-order valence-corrected chi connectivity index (χ3v) is 7.40. The predicted octanol–water partition coefficient (Wildman–Crippen LogP) is 3.25. The van der Waals surface area contributed by atoms with Crippen LogP contribution in [-0.2, 0) is 7.05 Å². The van der Waals surface area contributed by atoms with Gasteiger partial charge in [-0.1, -0.05) is 6.92 Å². The second-order valence-corrected chi connectivity index (χ2v) is 10.0. The SMILES string of the molecule is CC1CCN(C(=O)N2CCN(c3ccc(-c4cc(-c5cnn(C)c5)cn5ncc(C#N)c45)cn3)CC2)C1. The van der Waals surface area contributed by atoms with E-state index in [9.17, 15) is 10.1 Å². The summed E-state index contributed by atoms with van der Waals surface area (Å²) in [5.41, 5.74) is 5.01. The molecule has 1 atom stereocenters. The second-order valence-electron chi connectivity index (χ2n) is 10.0. The van der Waals surface area contributed by atoms with Gasteiger partial charge in [-0.05, 0) is 30.5 Å². The fourth-order valence-electron chi connectivity index (χ4n) is 5.32. The number of pyridine rings is 2. The molecule has 10 nitrogen and oxygen atoms in total. The molecule has 0 bridgehead atoms. The van der Waals surface area contributed by atoms with Crippen molar-refractivity contribution in [3.63, 3.8) is 0 Å². The molecule has 2 saturated heterocycles. The molecule has 2 amide bonds. The Kier molecular flexibility index (Phi) is 5.75. The molecule has 0 N–H and O–H groups in total. The Hall–Kier alpha value is -4.39. The number of hydrogen-bond donors (Lipinski definition) is 0. The lowest BCUT2D eigenvalue weighted by Crippen LogP contribution is -2.52. The highest BCUT2D eigenvalue weighted by molar-refractivity contribution is 5.87. The van der Waals surface area contributed by atoms with Crippen LogP contribution >= 0.6 is 0 Å². The van der Waals surface area contributed by atoms with Crippen LogP contribution in [0.25, 0.3) is 27.8 Å². The van der Waals surface area contributed by atoms with Crippen molar-refractivity contribution in [1.82, 2.24) is 34.2 Å². The number of anilines is 1. The van der Waals surface area contributed by atoms with E-state index in [-0.39, 0.29) is 6.03 Å². The van der Waals surface area contributed by atoms with Gasteiger partial charge in [0.2, 0.25) is 0 Å². The zero-order valence-corrected chi connectivity index (χ0v) is 21.1. The number of urea groups is 1. The monoisotopic (exact) mass is 495 g/mol. The lowest BCUT2D eigenvalue weighted by atomic mass is 10.0. The number of nitriles is 1. The zero-order valence-electron chi connectivity index (χ0n) is 21.1. The van der Waals surface area contributed by atoms with Gasteiger partial charge < -0.3 is 14.7 Å². The van der Waals surface area contributed by atoms with Gasteiger partial charge in [0.15, 0.2) is 0 Å². The van der Waals surface area contributed by atoms with Gasteiger partial charge in [-0.3, -0.25) is 4.68 Å². The highest BCUT2D eigenvalue weighted by atomic mass is 16.2. The maximum Gasteiger partial charge on any atom is 0.320 e. The Morgan fingerprint density at radius 3 is 2.46 bits per heavy atom. The zero-order chi connectivity index (χ0) is 25.5. The van der Waals surface area contributed by atoms with Crippen LogP contribution in [0.2, 0.25) is 0 Å². The summed E-state index contributed by atoms with van der Waals surface area (Å²) in [6.45, 7) is 6.83. The fraction of sp³-hybridized carbons (Fsp3) is 0.370. The first kappa shape index (κ1) is 23.0. The van der Waals surface area contributed by atoms with Crippen molar-refractivity contribution in [2.24, 2.45) is 13.0 Å². The summed E-state index contributed by atoms with van der Waals surface area (Å²) >= 11 is 0. The van der Waals surface area contributed by atoms with Gasteiger partial charge in [0.25, 0.3) is 0 Å². The summed E-state index contributed by atoms with van der Waals surface area (Å²) in [7, 11) is 1.88. The van der Waals surface area contributed by atoms with E-state index in [0.717, 1.165) is 66.2 Å². The quantitative estimate of drug-likeness (QED) is 0.433. The van der Waals surface area contributed by atoms with Crippen molar-refractivity contribution in [3.05, 3.63) is 54.7 Å². The molecule has 6 heterocycles. The molecule has 1 unspecified atom stereocenters. The lowest BCUT2D eigenvalue weighted by Gasteiger charge is -2.37. The van der Waals surface area contributed by atoms with Crippen LogP contribution in [0, 0.1) is 17.2 Å². The normalized spacial score (nSPS) is 18.0. The van der Waals surface area contributed by atoms with Crippen LogP contribution in [0.1, 0.15) is 18.9 Å². The van der Waals surface area contributed by atoms with E-state index in [1.807, 2.05) is 53.8 Å². The van der Waals surface area contributed by atoms with Gasteiger partial charge in [0.1, 0.15) is 11.9 Å². The Bertz CT molecular complexity index is 1490. The number of piperazine rings is 1. The van der Waals surface area contributed by atoms with Crippen LogP contribution in [0.4, 0.5) is 10.6 Å². The van der Waals surface area contributed by atoms with Gasteiger partial charge >= 0.3 is 6.03 Å². The van der Waals surface area contributed by atoms with Crippen LogP contribution in [0.3, 0.4) is 0 Å². The first-order chi connectivity index (χ1) is 18.0. The molecule has 2 fully saturated rings. The minimum absolute atomic E-state index is 0.166. The molecule has 10 heteroatoms. The fourth-order valence-corrected chi connectivity index (χ4v) is 5.32. The standard InChI is InChI=1S/C27H29N9O/c1-19-5-6-35(16-19)27(37)34-9-7-33(8-10-34)25-4-3-20(13-29-25)24-11-21(23-15-30-32(2)17-23)18-36-26(24)22(12-28)14-31-36/h3-4,11,13-15,17-19H,5-10,16H2,1-2H3. The number of carbonyl (C=O) groups excluding carboxylic acids is 1. The molecule has 4 aromatic rings. The number of likely N-dealkylation sites (tertiary alicyclic amines) is 1. The minimum atomic E-state index is 0.166. The number of aromatic nitrogens is 5. The summed E-state index contributed by atoms with van der Waals surface area (Å²) in [4.78, 5) is 23.8. The van der Waals surface area contributed by atoms with Crippen LogP contribution in [0.5, 0.6) is 0 Å². The van der Waals surface area contributed by atoms with Gasteiger partial charge in [-0.25, -0.2) is 14.3 Å². The minimum Gasteiger partial charge on any atom is -0.353 e. The third kappa shape index (κ3) is 4.27. The van der Waals surface area contributed by atoms with E-state index in [4.69, 9.17) is 4.98 Å². The second kappa shape index (κ2) is 9.24. The topological polar surface area (TPSA) is 98.6 Å². The van der Waals surface area contributed by atoms with Crippen molar-refractivity contribution in [1.29, 1.82) is 5.26 Å². The predicted molar refractivity (Wildman–Crippen MR) is 140 cm³/mol. The molecular weight excluding hydrogens is 466 g/mol. The van der Waals surface area contributed by atoms with E-state index in [0.29, 0.717) is 24.6 Å². The molecule has 188 valence electrons. The Balaban J connectivity index is 1.23. The molecule has 4 aromatic heterocycles. The number of aryl methyl sites for hydroxylation is 1. The van der Waals surface area contributed by atoms with E-state index in [2.05, 4.69) is 34.2 Å². The smallest absolute Gasteiger partial charge is 0.320 e. The van der Waals surface area contributed by atoms with Crippen molar-refractivity contribution >= 4 is 17.4 Å². The van der Waals surface area contributed by atoms with Crippen molar-refractivity contribution in [2.45, 2.75) is 13.3 Å². The molecule has 37 heavy (non-hydrogen) atoms. The molecular formula is C27H29N9O. The van der Waals surface area contributed by atoms with Gasteiger partial charge in [-0.15, -0.1) is 0 Å². The van der Waals surface area contributed by atoms with Crippen LogP contribution in [-0.4, -0.2) is 79.5 Å². The Labute approximate surface area is 215 Å². The Morgan fingerprint density at radius 2 is 1.81 bits per heavy atom. The van der Waals surface area contributed by atoms with Crippen LogP contribution in [0.15, 0.2) is 49.2 Å². The average Bonchev–Trinajstić information content (AvgIpc) is 3.67. The largest absolute Gasteiger partial charge is 0.353 e. The third-order valence-electron chi connectivity index (χ3n) is 7.40. The number of nitrogens with zero attached hydrogens (tertiary/aromatic N) is 9. The first-order valence-electron chi connectivity index (χ1n) is 12.7. The van der Waals surface area contributed by atoms with Crippen LogP contribution < -0.4 is 4.90 Å². The number of fused-ring (bicyclic) bond motifs is 1. The van der Waals surface area contributed by atoms with Crippen molar-refractivity contribution in [2.75, 3.05) is 44.2 Å². The van der Waals surface area contributed by atoms with E-state index >= 15 is 0 Å². The molecule has 0 aliphatic carbocycles. The number of amides is 2. The van der Waals surface area contributed by atoms with Crippen molar-refractivity contribution < 1.29 is 4.79 Å². The lowest BCUT2D eigenvalue weighted by molar-refractivity contribution is 0.158. The first-order valence-corrected chi connectivity index (χ1v) is 12.7. The average molecular weight is 496 g/mol. The summed E-state index contributed by atoms with van der Waals surface area (Å²) in [5, 5.41) is 18.4. The molecule has 0 aromatic carbocycles. The summed E-state index contributed by atoms with van der Waals surface area (Å²) in [6, 6.07) is 8.55. The highest BCUT2D eigenvalue weighted by Crippen LogP contribution is 2.32.